The summed E-state index contributed by atoms with van der Waals surface area (Å²) < 4.78 is 26.8. The van der Waals surface area contributed by atoms with Crippen molar-refractivity contribution in [1.29, 1.82) is 0 Å². The molecule has 2 atom stereocenters. The quantitative estimate of drug-likeness (QED) is 0.579. The average molecular weight is 431 g/mol. The number of urea groups is 1. The molecular weight excluding hydrogens is 402 g/mol. The minimum absolute atomic E-state index is 0. The number of halogens is 3. The molecule has 0 radical (unpaired) electrons. The van der Waals surface area contributed by atoms with Gasteiger partial charge in [0.05, 0.1) is 6.54 Å². The molecule has 3 amide bonds. The Balaban J connectivity index is 0.00000300. The lowest BCUT2D eigenvalue weighted by Gasteiger charge is -2.33. The van der Waals surface area contributed by atoms with Crippen LogP contribution in [0.15, 0.2) is 18.2 Å². The molecule has 1 aromatic rings. The van der Waals surface area contributed by atoms with Crippen LogP contribution >= 0.6 is 12.4 Å². The number of carbonyl (C=O) groups excluding carboxylic acids is 2. The molecule has 29 heavy (non-hydrogen) atoms. The molecule has 162 valence electrons. The Bertz CT molecular complexity index is 701. The van der Waals surface area contributed by atoms with Gasteiger partial charge < -0.3 is 21.3 Å². The van der Waals surface area contributed by atoms with E-state index in [2.05, 4.69) is 21.3 Å². The fraction of sp³-hybridized carbons (Fsp3) is 0.600. The highest BCUT2D eigenvalue weighted by Gasteiger charge is 2.28. The Morgan fingerprint density at radius 1 is 1.03 bits per heavy atom. The fourth-order valence-electron chi connectivity index (χ4n) is 4.05. The van der Waals surface area contributed by atoms with Crippen LogP contribution in [0.3, 0.4) is 0 Å². The van der Waals surface area contributed by atoms with Crippen LogP contribution < -0.4 is 21.3 Å². The van der Waals surface area contributed by atoms with Crippen LogP contribution in [0.2, 0.25) is 0 Å². The van der Waals surface area contributed by atoms with Crippen molar-refractivity contribution >= 4 is 24.3 Å². The lowest BCUT2D eigenvalue weighted by Crippen LogP contribution is -2.53. The molecule has 4 N–H and O–H groups in total. The topological polar surface area (TPSA) is 82.3 Å². The molecule has 1 heterocycles. The van der Waals surface area contributed by atoms with Crippen molar-refractivity contribution in [2.24, 2.45) is 0 Å². The predicted octanol–water partition coefficient (Wildman–Crippen LogP) is 2.58. The summed E-state index contributed by atoms with van der Waals surface area (Å²) in [4.78, 5) is 24.3. The summed E-state index contributed by atoms with van der Waals surface area (Å²) in [5, 5.41) is 11.6. The van der Waals surface area contributed by atoms with E-state index in [0.717, 1.165) is 38.3 Å². The van der Waals surface area contributed by atoms with Crippen molar-refractivity contribution in [1.82, 2.24) is 21.3 Å². The van der Waals surface area contributed by atoms with E-state index >= 15 is 0 Å². The third-order valence-electron chi connectivity index (χ3n) is 5.55. The molecular formula is C20H29ClF2N4O2. The molecule has 2 unspecified atom stereocenters. The van der Waals surface area contributed by atoms with Crippen molar-refractivity contribution in [3.8, 4) is 0 Å². The van der Waals surface area contributed by atoms with E-state index in [9.17, 15) is 18.4 Å². The van der Waals surface area contributed by atoms with E-state index in [0.29, 0.717) is 18.5 Å². The number of benzene rings is 1. The second-order valence-corrected chi connectivity index (χ2v) is 7.61. The SMILES string of the molecule is Cl.O=C(CNC(=O)NC1CCCCC1)NC1CNCCC1c1ccc(F)c(F)c1. The highest BCUT2D eigenvalue weighted by Crippen LogP contribution is 2.27. The fourth-order valence-corrected chi connectivity index (χ4v) is 4.05. The van der Waals surface area contributed by atoms with Crippen molar-refractivity contribution in [2.75, 3.05) is 19.6 Å². The normalized spacial score (nSPS) is 22.3. The van der Waals surface area contributed by atoms with Crippen LogP contribution in [0.5, 0.6) is 0 Å². The largest absolute Gasteiger partial charge is 0.350 e. The van der Waals surface area contributed by atoms with Gasteiger partial charge in [0.1, 0.15) is 0 Å². The van der Waals surface area contributed by atoms with Gasteiger partial charge in [-0.05, 0) is 43.5 Å². The number of carbonyl (C=O) groups is 2. The third-order valence-corrected chi connectivity index (χ3v) is 5.55. The first-order chi connectivity index (χ1) is 13.5. The van der Waals surface area contributed by atoms with Gasteiger partial charge in [-0.2, -0.15) is 0 Å². The number of hydrogen-bond donors (Lipinski definition) is 4. The number of rotatable bonds is 5. The first-order valence-electron chi connectivity index (χ1n) is 10.0. The molecule has 1 saturated heterocycles. The summed E-state index contributed by atoms with van der Waals surface area (Å²) in [6, 6.07) is 3.46. The molecule has 1 aromatic carbocycles. The van der Waals surface area contributed by atoms with Gasteiger partial charge in [-0.15, -0.1) is 12.4 Å². The van der Waals surface area contributed by atoms with Crippen molar-refractivity contribution in [2.45, 2.75) is 56.5 Å². The van der Waals surface area contributed by atoms with Gasteiger partial charge in [0, 0.05) is 24.5 Å². The van der Waals surface area contributed by atoms with Crippen LogP contribution in [-0.2, 0) is 4.79 Å². The first-order valence-corrected chi connectivity index (χ1v) is 10.0. The summed E-state index contributed by atoms with van der Waals surface area (Å²) in [6.45, 7) is 1.14. The van der Waals surface area contributed by atoms with Gasteiger partial charge in [0.2, 0.25) is 5.91 Å². The Labute approximate surface area is 176 Å². The van der Waals surface area contributed by atoms with Gasteiger partial charge in [-0.3, -0.25) is 4.79 Å². The third kappa shape index (κ3) is 6.82. The zero-order valence-corrected chi connectivity index (χ0v) is 17.1. The maximum absolute atomic E-state index is 13.6. The van der Waals surface area contributed by atoms with Crippen molar-refractivity contribution in [3.63, 3.8) is 0 Å². The molecule has 2 fully saturated rings. The van der Waals surface area contributed by atoms with E-state index in [-0.39, 0.29) is 48.9 Å². The van der Waals surface area contributed by atoms with Gasteiger partial charge in [0.25, 0.3) is 0 Å². The summed E-state index contributed by atoms with van der Waals surface area (Å²) in [7, 11) is 0. The summed E-state index contributed by atoms with van der Waals surface area (Å²) in [5.74, 6) is -2.19. The summed E-state index contributed by atoms with van der Waals surface area (Å²) in [5.41, 5.74) is 0.661. The zero-order chi connectivity index (χ0) is 19.9. The van der Waals surface area contributed by atoms with Gasteiger partial charge >= 0.3 is 6.03 Å². The molecule has 6 nitrogen and oxygen atoms in total. The first kappa shape index (κ1) is 23.3. The lowest BCUT2D eigenvalue weighted by molar-refractivity contribution is -0.121. The Morgan fingerprint density at radius 3 is 2.52 bits per heavy atom. The molecule has 0 spiro atoms. The van der Waals surface area contributed by atoms with E-state index in [1.54, 1.807) is 6.07 Å². The molecule has 3 rings (SSSR count). The van der Waals surface area contributed by atoms with E-state index in [1.165, 1.54) is 12.5 Å². The second kappa shape index (κ2) is 11.3. The van der Waals surface area contributed by atoms with Gasteiger partial charge in [0.15, 0.2) is 11.6 Å². The van der Waals surface area contributed by atoms with Gasteiger partial charge in [-0.1, -0.05) is 25.3 Å². The zero-order valence-electron chi connectivity index (χ0n) is 16.3. The van der Waals surface area contributed by atoms with E-state index in [4.69, 9.17) is 0 Å². The van der Waals surface area contributed by atoms with Crippen LogP contribution in [-0.4, -0.2) is 43.7 Å². The van der Waals surface area contributed by atoms with Crippen LogP contribution in [0, 0.1) is 11.6 Å². The maximum Gasteiger partial charge on any atom is 0.315 e. The number of nitrogens with one attached hydrogen (secondary N) is 4. The molecule has 0 bridgehead atoms. The molecule has 0 aromatic heterocycles. The molecule has 1 aliphatic heterocycles. The van der Waals surface area contributed by atoms with Crippen molar-refractivity contribution < 1.29 is 18.4 Å². The Morgan fingerprint density at radius 2 is 1.79 bits per heavy atom. The number of hydrogen-bond acceptors (Lipinski definition) is 3. The summed E-state index contributed by atoms with van der Waals surface area (Å²) >= 11 is 0. The highest BCUT2D eigenvalue weighted by molar-refractivity contribution is 5.85. The monoisotopic (exact) mass is 430 g/mol. The molecule has 1 saturated carbocycles. The van der Waals surface area contributed by atoms with E-state index in [1.807, 2.05) is 0 Å². The standard InChI is InChI=1S/C20H28F2N4O2.ClH/c21-16-7-6-13(10-17(16)22)15-8-9-23-11-18(15)26-19(27)12-24-20(28)25-14-4-2-1-3-5-14;/h6-7,10,14-15,18,23H,1-5,8-9,11-12H2,(H,26,27)(H2,24,25,28);1H. The smallest absolute Gasteiger partial charge is 0.315 e. The summed E-state index contributed by atoms with van der Waals surface area (Å²) in [6.07, 6.45) is 6.09. The Kier molecular flexibility index (Phi) is 9.10. The highest BCUT2D eigenvalue weighted by atomic mass is 35.5. The van der Waals surface area contributed by atoms with Gasteiger partial charge in [-0.25, -0.2) is 13.6 Å². The minimum atomic E-state index is -0.887. The number of amides is 3. The lowest BCUT2D eigenvalue weighted by atomic mass is 9.86. The Hall–Kier alpha value is -1.93. The second-order valence-electron chi connectivity index (χ2n) is 7.61. The molecule has 9 heteroatoms. The molecule has 2 aliphatic rings. The predicted molar refractivity (Wildman–Crippen MR) is 109 cm³/mol. The maximum atomic E-state index is 13.6. The van der Waals surface area contributed by atoms with E-state index < -0.39 is 11.6 Å². The van der Waals surface area contributed by atoms with Crippen LogP contribution in [0.25, 0.3) is 0 Å². The van der Waals surface area contributed by atoms with Crippen LogP contribution in [0.4, 0.5) is 13.6 Å². The minimum Gasteiger partial charge on any atom is -0.350 e. The van der Waals surface area contributed by atoms with Crippen LogP contribution in [0.1, 0.15) is 50.0 Å². The average Bonchev–Trinajstić information content (AvgIpc) is 2.70. The number of piperidine rings is 1. The van der Waals surface area contributed by atoms with Crippen molar-refractivity contribution in [3.05, 3.63) is 35.4 Å². The molecule has 1 aliphatic carbocycles.